The fourth-order valence-electron chi connectivity index (χ4n) is 2.39. The zero-order valence-corrected chi connectivity index (χ0v) is 9.45. The van der Waals surface area contributed by atoms with Crippen LogP contribution in [-0.4, -0.2) is 43.0 Å². The van der Waals surface area contributed by atoms with Crippen LogP contribution < -0.4 is 0 Å². The molecule has 96 valence electrons. The number of ether oxygens (including phenoxy) is 4. The molecule has 1 aliphatic carbocycles. The van der Waals surface area contributed by atoms with E-state index in [2.05, 4.69) is 0 Å². The molecule has 0 aromatic carbocycles. The molecule has 2 bridgehead atoms. The van der Waals surface area contributed by atoms with Gasteiger partial charge in [-0.05, 0) is 6.92 Å². The summed E-state index contributed by atoms with van der Waals surface area (Å²) < 4.78 is 19.7. The van der Waals surface area contributed by atoms with Crippen LogP contribution in [0.15, 0.2) is 11.6 Å². The molecule has 0 aromatic heterocycles. The first-order chi connectivity index (χ1) is 8.61. The van der Waals surface area contributed by atoms with Crippen molar-refractivity contribution >= 4 is 18.1 Å². The number of fused-ring (bicyclic) bond motifs is 1. The average Bonchev–Trinajstić information content (AvgIpc) is 2.72. The van der Waals surface area contributed by atoms with Gasteiger partial charge in [-0.1, -0.05) is 6.08 Å². The van der Waals surface area contributed by atoms with Crippen LogP contribution in [0.25, 0.3) is 0 Å². The lowest BCUT2D eigenvalue weighted by atomic mass is 9.81. The fourth-order valence-corrected chi connectivity index (χ4v) is 2.39. The molecule has 4 atom stereocenters. The molecule has 0 spiro atoms. The van der Waals surface area contributed by atoms with E-state index in [1.54, 1.807) is 6.92 Å². The van der Waals surface area contributed by atoms with Crippen molar-refractivity contribution in [1.29, 1.82) is 0 Å². The van der Waals surface area contributed by atoms with Gasteiger partial charge in [-0.3, -0.25) is 4.79 Å². The third kappa shape index (κ3) is 1.40. The van der Waals surface area contributed by atoms with Gasteiger partial charge in [0, 0.05) is 0 Å². The Labute approximate surface area is 102 Å². The summed E-state index contributed by atoms with van der Waals surface area (Å²) in [5, 5.41) is 0. The summed E-state index contributed by atoms with van der Waals surface area (Å²) in [4.78, 5) is 34.4. The Bertz CT molecular complexity index is 466. The second-order valence-corrected chi connectivity index (χ2v) is 4.14. The van der Waals surface area contributed by atoms with Crippen molar-refractivity contribution in [1.82, 2.24) is 0 Å². The van der Waals surface area contributed by atoms with Crippen LogP contribution in [-0.2, 0) is 28.5 Å². The zero-order valence-electron chi connectivity index (χ0n) is 9.45. The van der Waals surface area contributed by atoms with Gasteiger partial charge in [-0.2, -0.15) is 0 Å². The van der Waals surface area contributed by atoms with Gasteiger partial charge < -0.3 is 18.9 Å². The van der Waals surface area contributed by atoms with E-state index < -0.39 is 42.3 Å². The van der Waals surface area contributed by atoms with Crippen molar-refractivity contribution in [2.75, 3.05) is 6.61 Å². The highest BCUT2D eigenvalue weighted by molar-refractivity contribution is 5.94. The molecule has 0 radical (unpaired) electrons. The molecule has 7 nitrogen and oxygen atoms in total. The average molecular weight is 254 g/mol. The van der Waals surface area contributed by atoms with Crippen molar-refractivity contribution in [2.24, 2.45) is 5.92 Å². The first kappa shape index (κ1) is 11.1. The molecule has 2 saturated heterocycles. The summed E-state index contributed by atoms with van der Waals surface area (Å²) in [6.07, 6.45) is -1.81. The third-order valence-electron chi connectivity index (χ3n) is 3.13. The summed E-state index contributed by atoms with van der Waals surface area (Å²) in [5.41, 5.74) is 0.209. The molecule has 0 amide bonds. The molecule has 0 saturated carbocycles. The van der Waals surface area contributed by atoms with Crippen LogP contribution in [0.3, 0.4) is 0 Å². The highest BCUT2D eigenvalue weighted by Gasteiger charge is 2.59. The van der Waals surface area contributed by atoms with E-state index in [0.717, 1.165) is 0 Å². The Balaban J connectivity index is 1.94. The SMILES string of the molecule is CCOC(=O)C1=C[C@H]2C(=O)O[C@@H]1[C@@H]1OC(=O)O[C@H]12. The number of hydrogen-bond donors (Lipinski definition) is 0. The second kappa shape index (κ2) is 3.72. The van der Waals surface area contributed by atoms with Crippen LogP contribution in [0.5, 0.6) is 0 Å². The van der Waals surface area contributed by atoms with Crippen LogP contribution in [0.2, 0.25) is 0 Å². The Morgan fingerprint density at radius 2 is 2.00 bits per heavy atom. The molecule has 0 unspecified atom stereocenters. The molecule has 2 fully saturated rings. The standard InChI is InChI=1S/C11H10O7/c1-2-15-9(12)4-3-5-7-8(18-11(14)17-7)6(4)16-10(5)13/h3,5-8H,2H2,1H3/t5-,6+,7+,8+/m1/s1. The summed E-state index contributed by atoms with van der Waals surface area (Å²) in [7, 11) is 0. The number of rotatable bonds is 2. The normalized spacial score (nSPS) is 36.2. The van der Waals surface area contributed by atoms with Gasteiger partial charge in [0.2, 0.25) is 0 Å². The number of carbonyl (C=O) groups excluding carboxylic acids is 3. The van der Waals surface area contributed by atoms with Gasteiger partial charge >= 0.3 is 18.1 Å². The fraction of sp³-hybridized carbons (Fsp3) is 0.545. The molecule has 4 aliphatic rings. The van der Waals surface area contributed by atoms with E-state index in [-0.39, 0.29) is 12.2 Å². The van der Waals surface area contributed by atoms with Gasteiger partial charge in [-0.15, -0.1) is 0 Å². The van der Waals surface area contributed by atoms with E-state index in [0.29, 0.717) is 0 Å². The second-order valence-electron chi connectivity index (χ2n) is 4.14. The first-order valence-corrected chi connectivity index (χ1v) is 5.58. The topological polar surface area (TPSA) is 88.1 Å². The lowest BCUT2D eigenvalue weighted by molar-refractivity contribution is -0.174. The molecule has 18 heavy (non-hydrogen) atoms. The molecule has 3 aliphatic heterocycles. The molecule has 4 rings (SSSR count). The summed E-state index contributed by atoms with van der Waals surface area (Å²) in [5.74, 6) is -1.89. The van der Waals surface area contributed by atoms with Gasteiger partial charge in [0.1, 0.15) is 5.92 Å². The molecular formula is C11H10O7. The minimum Gasteiger partial charge on any atom is -0.463 e. The number of hydrogen-bond acceptors (Lipinski definition) is 7. The van der Waals surface area contributed by atoms with Crippen molar-refractivity contribution < 1.29 is 33.3 Å². The smallest absolute Gasteiger partial charge is 0.463 e. The van der Waals surface area contributed by atoms with E-state index in [1.165, 1.54) is 6.08 Å². The van der Waals surface area contributed by atoms with Crippen LogP contribution in [0.1, 0.15) is 6.92 Å². The molecule has 0 N–H and O–H groups in total. The van der Waals surface area contributed by atoms with Gasteiger partial charge in [0.25, 0.3) is 0 Å². The Morgan fingerprint density at radius 1 is 1.28 bits per heavy atom. The minimum atomic E-state index is -0.932. The maximum absolute atomic E-state index is 11.7. The highest BCUT2D eigenvalue weighted by Crippen LogP contribution is 2.40. The van der Waals surface area contributed by atoms with Crippen LogP contribution >= 0.6 is 0 Å². The quantitative estimate of drug-likeness (QED) is 0.503. The van der Waals surface area contributed by atoms with Crippen molar-refractivity contribution in [3.63, 3.8) is 0 Å². The first-order valence-electron chi connectivity index (χ1n) is 5.58. The zero-order chi connectivity index (χ0) is 12.9. The van der Waals surface area contributed by atoms with Crippen molar-refractivity contribution in [2.45, 2.75) is 25.2 Å². The number of carbonyl (C=O) groups is 3. The maximum atomic E-state index is 11.7. The molecular weight excluding hydrogens is 244 g/mol. The summed E-state index contributed by atoms with van der Waals surface area (Å²) >= 11 is 0. The largest absolute Gasteiger partial charge is 0.509 e. The van der Waals surface area contributed by atoms with E-state index in [4.69, 9.17) is 18.9 Å². The third-order valence-corrected chi connectivity index (χ3v) is 3.13. The van der Waals surface area contributed by atoms with Crippen molar-refractivity contribution in [3.05, 3.63) is 11.6 Å². The van der Waals surface area contributed by atoms with E-state index >= 15 is 0 Å². The lowest BCUT2D eigenvalue weighted by Gasteiger charge is -2.38. The summed E-state index contributed by atoms with van der Waals surface area (Å²) in [6.45, 7) is 1.89. The van der Waals surface area contributed by atoms with Gasteiger partial charge in [0.15, 0.2) is 18.3 Å². The summed E-state index contributed by atoms with van der Waals surface area (Å²) in [6, 6.07) is 0. The molecule has 0 aromatic rings. The Hall–Kier alpha value is -2.05. The van der Waals surface area contributed by atoms with E-state index in [1.807, 2.05) is 0 Å². The Kier molecular flexibility index (Phi) is 2.29. The van der Waals surface area contributed by atoms with Crippen molar-refractivity contribution in [3.8, 4) is 0 Å². The van der Waals surface area contributed by atoms with Gasteiger partial charge in [0.05, 0.1) is 12.2 Å². The highest BCUT2D eigenvalue weighted by atomic mass is 16.8. The Morgan fingerprint density at radius 3 is 2.72 bits per heavy atom. The maximum Gasteiger partial charge on any atom is 0.509 e. The predicted octanol–water partition coefficient (Wildman–Crippen LogP) is -0.0649. The predicted molar refractivity (Wildman–Crippen MR) is 53.2 cm³/mol. The van der Waals surface area contributed by atoms with Crippen LogP contribution in [0.4, 0.5) is 4.79 Å². The van der Waals surface area contributed by atoms with Gasteiger partial charge in [-0.25, -0.2) is 9.59 Å². The number of esters is 2. The lowest BCUT2D eigenvalue weighted by Crippen LogP contribution is -2.56. The minimum absolute atomic E-state index is 0.209. The molecule has 7 heteroatoms. The monoisotopic (exact) mass is 254 g/mol. The van der Waals surface area contributed by atoms with Crippen LogP contribution in [0, 0.1) is 5.92 Å². The van der Waals surface area contributed by atoms with E-state index in [9.17, 15) is 14.4 Å². The molecule has 3 heterocycles.